The summed E-state index contributed by atoms with van der Waals surface area (Å²) in [5.74, 6) is 0.864. The van der Waals surface area contributed by atoms with Crippen LogP contribution < -0.4 is 9.47 Å². The second-order valence-electron chi connectivity index (χ2n) is 9.10. The largest absolute Gasteiger partial charge is 0.481 e. The molecule has 0 aliphatic rings. The first-order chi connectivity index (χ1) is 19.9. The Balaban J connectivity index is 1.37. The lowest BCUT2D eigenvalue weighted by Crippen LogP contribution is -2.10. The third-order valence-electron chi connectivity index (χ3n) is 6.45. The molecule has 2 N–H and O–H groups in total. The molecule has 0 saturated heterocycles. The number of rotatable bonds is 11. The van der Waals surface area contributed by atoms with Gasteiger partial charge in [0, 0.05) is 43.5 Å². The van der Waals surface area contributed by atoms with Crippen LogP contribution in [-0.2, 0) is 24.3 Å². The van der Waals surface area contributed by atoms with Gasteiger partial charge in [-0.1, -0.05) is 24.3 Å². The van der Waals surface area contributed by atoms with Gasteiger partial charge in [-0.05, 0) is 41.4 Å². The van der Waals surface area contributed by atoms with Crippen LogP contribution in [0.4, 0.5) is 4.39 Å². The number of methoxy groups -OCH3 is 2. The summed E-state index contributed by atoms with van der Waals surface area (Å²) in [6.07, 6.45) is 0.138. The maximum Gasteiger partial charge on any atom is 0.225 e. The fourth-order valence-corrected chi connectivity index (χ4v) is 4.52. The quantitative estimate of drug-likeness (QED) is 0.172. The van der Waals surface area contributed by atoms with Gasteiger partial charge in [-0.3, -0.25) is 0 Å². The molecular weight excluding hydrogens is 553 g/mol. The van der Waals surface area contributed by atoms with E-state index in [1.807, 2.05) is 4.57 Å². The van der Waals surface area contributed by atoms with E-state index in [0.717, 1.165) is 0 Å². The van der Waals surface area contributed by atoms with E-state index in [9.17, 15) is 10.2 Å². The molecule has 212 valence electrons. The third kappa shape index (κ3) is 6.44. The molecule has 5 aromatic rings. The Labute approximate surface area is 240 Å². The van der Waals surface area contributed by atoms with Crippen LogP contribution in [0.3, 0.4) is 0 Å². The van der Waals surface area contributed by atoms with Crippen molar-refractivity contribution in [3.05, 3.63) is 94.4 Å². The van der Waals surface area contributed by atoms with E-state index in [2.05, 4.69) is 19.9 Å². The molecule has 2 aromatic carbocycles. The number of aromatic nitrogens is 5. The van der Waals surface area contributed by atoms with Gasteiger partial charge in [0.25, 0.3) is 0 Å². The van der Waals surface area contributed by atoms with Crippen LogP contribution in [-0.4, -0.2) is 55.5 Å². The number of ether oxygens (including phenoxy) is 3. The molecule has 0 bridgehead atoms. The summed E-state index contributed by atoms with van der Waals surface area (Å²) in [6, 6.07) is 15.2. The number of halogens is 2. The maximum absolute atomic E-state index is 15.4. The number of pyridine rings is 1. The molecule has 5 rings (SSSR count). The van der Waals surface area contributed by atoms with Gasteiger partial charge in [-0.2, -0.15) is 4.98 Å². The summed E-state index contributed by atoms with van der Waals surface area (Å²) in [5.41, 5.74) is 3.89. The summed E-state index contributed by atoms with van der Waals surface area (Å²) in [6.45, 7) is 0.984. The normalized spacial score (nSPS) is 11.4. The van der Waals surface area contributed by atoms with E-state index in [4.69, 9.17) is 25.8 Å². The van der Waals surface area contributed by atoms with Crippen LogP contribution in [0.5, 0.6) is 11.8 Å². The lowest BCUT2D eigenvalue weighted by atomic mass is 10.1. The number of fused-ring (bicyclic) bond motifs is 1. The van der Waals surface area contributed by atoms with Crippen molar-refractivity contribution >= 4 is 22.6 Å². The Bertz CT molecular complexity index is 1680. The molecule has 3 aromatic heterocycles. The number of hydrogen-bond donors (Lipinski definition) is 2. The first-order valence-electron chi connectivity index (χ1n) is 12.6. The minimum atomic E-state index is -1.61. The highest BCUT2D eigenvalue weighted by Gasteiger charge is 2.16. The molecule has 0 unspecified atom stereocenters. The van der Waals surface area contributed by atoms with Gasteiger partial charge >= 0.3 is 0 Å². The molecule has 12 heteroatoms. The van der Waals surface area contributed by atoms with Crippen LogP contribution in [0.25, 0.3) is 22.3 Å². The highest BCUT2D eigenvalue weighted by molar-refractivity contribution is 6.28. The van der Waals surface area contributed by atoms with Gasteiger partial charge in [0.15, 0.2) is 6.29 Å². The van der Waals surface area contributed by atoms with Gasteiger partial charge < -0.3 is 29.0 Å². The second-order valence-corrected chi connectivity index (χ2v) is 9.44. The summed E-state index contributed by atoms with van der Waals surface area (Å²) in [5, 5.41) is 19.3. The molecule has 0 aliphatic heterocycles. The third-order valence-corrected chi connectivity index (χ3v) is 6.64. The lowest BCUT2D eigenvalue weighted by molar-refractivity contribution is -0.0424. The molecule has 0 amide bonds. The molecule has 41 heavy (non-hydrogen) atoms. The smallest absolute Gasteiger partial charge is 0.225 e. The molecule has 0 aliphatic carbocycles. The van der Waals surface area contributed by atoms with Crippen LogP contribution in [0.1, 0.15) is 28.8 Å². The first kappa shape index (κ1) is 28.4. The van der Waals surface area contributed by atoms with Crippen molar-refractivity contribution in [3.8, 4) is 23.0 Å². The van der Waals surface area contributed by atoms with E-state index in [0.29, 0.717) is 69.7 Å². The predicted octanol–water partition coefficient (Wildman–Crippen LogP) is 4.49. The topological polar surface area (TPSA) is 125 Å². The molecule has 10 nitrogen and oxygen atoms in total. The SMILES string of the molecule is COCCn1c(Cc2ccc(-c3cccc(OCc4cnc(Cl)nc4OC)n3)cc2F)nc2ccc(C(O)O)cc21. The van der Waals surface area contributed by atoms with E-state index >= 15 is 4.39 Å². The average molecular weight is 580 g/mol. The maximum atomic E-state index is 15.4. The number of imidazole rings is 1. The van der Waals surface area contributed by atoms with Gasteiger partial charge in [0.1, 0.15) is 18.2 Å². The molecule has 3 heterocycles. The van der Waals surface area contributed by atoms with Gasteiger partial charge in [-0.25, -0.2) is 19.3 Å². The Hall–Kier alpha value is -4.16. The monoisotopic (exact) mass is 579 g/mol. The summed E-state index contributed by atoms with van der Waals surface area (Å²) in [7, 11) is 3.07. The van der Waals surface area contributed by atoms with Gasteiger partial charge in [0.2, 0.25) is 17.0 Å². The molecule has 0 fully saturated rings. The van der Waals surface area contributed by atoms with E-state index < -0.39 is 12.1 Å². The zero-order valence-electron chi connectivity index (χ0n) is 22.3. The predicted molar refractivity (Wildman–Crippen MR) is 149 cm³/mol. The molecule has 0 radical (unpaired) electrons. The Kier molecular flexibility index (Phi) is 8.70. The highest BCUT2D eigenvalue weighted by atomic mass is 35.5. The van der Waals surface area contributed by atoms with Crippen molar-refractivity contribution in [2.45, 2.75) is 25.9 Å². The van der Waals surface area contributed by atoms with Crippen LogP contribution >= 0.6 is 11.6 Å². The summed E-state index contributed by atoms with van der Waals surface area (Å²) < 4.78 is 33.6. The molecule has 0 atom stereocenters. The Morgan fingerprint density at radius 1 is 1.00 bits per heavy atom. The highest BCUT2D eigenvalue weighted by Crippen LogP contribution is 2.27. The fourth-order valence-electron chi connectivity index (χ4n) is 4.39. The zero-order valence-corrected chi connectivity index (χ0v) is 23.0. The average Bonchev–Trinajstić information content (AvgIpc) is 3.32. The Morgan fingerprint density at radius 2 is 1.85 bits per heavy atom. The summed E-state index contributed by atoms with van der Waals surface area (Å²) >= 11 is 5.82. The minimum Gasteiger partial charge on any atom is -0.481 e. The standard InChI is InChI=1S/C29H27ClFN5O5/c1-39-11-10-36-24-13-19(28(37)38)8-9-23(24)33-25(36)14-17-6-7-18(12-21(17)31)22-4-3-5-26(34-22)41-16-20-15-32-29(30)35-27(20)40-2/h3-9,12-13,15,28,37-38H,10-11,14,16H2,1-2H3. The van der Waals surface area contributed by atoms with E-state index in [-0.39, 0.29) is 18.3 Å². The van der Waals surface area contributed by atoms with E-state index in [1.54, 1.807) is 55.6 Å². The van der Waals surface area contributed by atoms with E-state index in [1.165, 1.54) is 19.4 Å². The van der Waals surface area contributed by atoms with Crippen LogP contribution in [0, 0.1) is 5.82 Å². The number of nitrogens with zero attached hydrogens (tertiary/aromatic N) is 5. The van der Waals surface area contributed by atoms with Crippen molar-refractivity contribution in [2.75, 3.05) is 20.8 Å². The fraction of sp³-hybridized carbons (Fsp3) is 0.241. The second kappa shape index (κ2) is 12.6. The molecular formula is C29H27ClFN5O5. The van der Waals surface area contributed by atoms with Gasteiger partial charge in [0.05, 0.1) is 36.0 Å². The van der Waals surface area contributed by atoms with Crippen molar-refractivity contribution in [1.29, 1.82) is 0 Å². The molecule has 0 spiro atoms. The zero-order chi connectivity index (χ0) is 28.9. The van der Waals surface area contributed by atoms with Crippen LogP contribution in [0.2, 0.25) is 5.28 Å². The minimum absolute atomic E-state index is 0.0686. The van der Waals surface area contributed by atoms with Crippen molar-refractivity contribution in [2.24, 2.45) is 0 Å². The van der Waals surface area contributed by atoms with Crippen molar-refractivity contribution < 1.29 is 28.8 Å². The number of hydrogen-bond acceptors (Lipinski definition) is 9. The Morgan fingerprint density at radius 3 is 2.61 bits per heavy atom. The number of benzene rings is 2. The summed E-state index contributed by atoms with van der Waals surface area (Å²) in [4.78, 5) is 17.2. The van der Waals surface area contributed by atoms with Gasteiger partial charge in [-0.15, -0.1) is 0 Å². The van der Waals surface area contributed by atoms with Crippen LogP contribution in [0.15, 0.2) is 60.8 Å². The molecule has 0 saturated carbocycles. The van der Waals surface area contributed by atoms with Crippen molar-refractivity contribution in [3.63, 3.8) is 0 Å². The lowest BCUT2D eigenvalue weighted by Gasteiger charge is -2.11. The first-order valence-corrected chi connectivity index (χ1v) is 13.0. The van der Waals surface area contributed by atoms with Crippen molar-refractivity contribution in [1.82, 2.24) is 24.5 Å². The number of aliphatic hydroxyl groups excluding tert-OH is 1. The number of aliphatic hydroxyl groups is 2.